The second-order valence-electron chi connectivity index (χ2n) is 10.9. The van der Waals surface area contributed by atoms with Gasteiger partial charge in [-0.2, -0.15) is 0 Å². The molecule has 1 atom stereocenters. The summed E-state index contributed by atoms with van der Waals surface area (Å²) in [5, 5.41) is 3.00. The number of benzene rings is 3. The molecule has 0 fully saturated rings. The molecule has 0 aliphatic carbocycles. The zero-order chi connectivity index (χ0) is 29.4. The van der Waals surface area contributed by atoms with Crippen LogP contribution in [0.5, 0.6) is 0 Å². The van der Waals surface area contributed by atoms with Crippen LogP contribution in [-0.2, 0) is 32.6 Å². The lowest BCUT2D eigenvalue weighted by atomic mass is 10.0. The summed E-state index contributed by atoms with van der Waals surface area (Å²) in [6, 6.07) is 22.0. The third-order valence-electron chi connectivity index (χ3n) is 6.70. The van der Waals surface area contributed by atoms with Crippen molar-refractivity contribution in [1.29, 1.82) is 0 Å². The number of anilines is 1. The van der Waals surface area contributed by atoms with Crippen LogP contribution < -0.4 is 9.62 Å². The minimum Gasteiger partial charge on any atom is -0.354 e. The van der Waals surface area contributed by atoms with Gasteiger partial charge in [0, 0.05) is 19.5 Å². The van der Waals surface area contributed by atoms with Gasteiger partial charge >= 0.3 is 0 Å². The highest BCUT2D eigenvalue weighted by Gasteiger charge is 2.33. The van der Waals surface area contributed by atoms with Crippen molar-refractivity contribution in [3.8, 4) is 0 Å². The number of aryl methyl sites for hydroxylation is 3. The third kappa shape index (κ3) is 8.68. The topological polar surface area (TPSA) is 86.8 Å². The van der Waals surface area contributed by atoms with Gasteiger partial charge in [0.2, 0.25) is 21.8 Å². The molecule has 0 heterocycles. The van der Waals surface area contributed by atoms with Crippen LogP contribution in [0.3, 0.4) is 0 Å². The lowest BCUT2D eigenvalue weighted by molar-refractivity contribution is -0.140. The van der Waals surface area contributed by atoms with Gasteiger partial charge in [-0.15, -0.1) is 0 Å². The van der Waals surface area contributed by atoms with Gasteiger partial charge in [-0.1, -0.05) is 86.1 Å². The highest BCUT2D eigenvalue weighted by Crippen LogP contribution is 2.25. The van der Waals surface area contributed by atoms with E-state index in [0.29, 0.717) is 18.7 Å². The van der Waals surface area contributed by atoms with Crippen molar-refractivity contribution in [2.45, 2.75) is 53.6 Å². The van der Waals surface area contributed by atoms with Crippen molar-refractivity contribution in [2.24, 2.45) is 5.92 Å². The lowest BCUT2D eigenvalue weighted by Crippen LogP contribution is -2.53. The Kier molecular flexibility index (Phi) is 10.5. The van der Waals surface area contributed by atoms with Crippen LogP contribution in [0.1, 0.15) is 41.7 Å². The molecule has 214 valence electrons. The Morgan fingerprint density at radius 3 is 2.12 bits per heavy atom. The minimum absolute atomic E-state index is 0.164. The molecule has 0 aromatic heterocycles. The second-order valence-corrected chi connectivity index (χ2v) is 12.8. The van der Waals surface area contributed by atoms with E-state index in [1.807, 2.05) is 101 Å². The van der Waals surface area contributed by atoms with Crippen LogP contribution in [0.15, 0.2) is 72.8 Å². The molecule has 0 saturated heterocycles. The Balaban J connectivity index is 2.07. The molecular weight excluding hydrogens is 522 g/mol. The zero-order valence-electron chi connectivity index (χ0n) is 24.3. The third-order valence-corrected chi connectivity index (χ3v) is 7.83. The fourth-order valence-corrected chi connectivity index (χ4v) is 5.47. The number of rotatable bonds is 12. The number of nitrogens with one attached hydrogen (secondary N) is 1. The molecule has 2 amide bonds. The quantitative estimate of drug-likeness (QED) is 0.343. The fraction of sp³-hybridized carbons (Fsp3) is 0.375. The number of nitrogens with zero attached hydrogens (tertiary/aromatic N) is 2. The summed E-state index contributed by atoms with van der Waals surface area (Å²) < 4.78 is 27.2. The Morgan fingerprint density at radius 1 is 0.850 bits per heavy atom. The normalized spacial score (nSPS) is 12.2. The van der Waals surface area contributed by atoms with Crippen LogP contribution >= 0.6 is 0 Å². The Bertz CT molecular complexity index is 1420. The van der Waals surface area contributed by atoms with Gasteiger partial charge in [0.15, 0.2) is 0 Å². The molecular formula is C32H41N3O4S. The number of carbonyl (C=O) groups excluding carboxylic acids is 2. The molecule has 0 saturated carbocycles. The van der Waals surface area contributed by atoms with E-state index in [9.17, 15) is 18.0 Å². The molecule has 0 unspecified atom stereocenters. The summed E-state index contributed by atoms with van der Waals surface area (Å²) in [7, 11) is -3.81. The van der Waals surface area contributed by atoms with Crippen LogP contribution in [0, 0.1) is 26.7 Å². The highest BCUT2D eigenvalue weighted by molar-refractivity contribution is 7.92. The predicted molar refractivity (Wildman–Crippen MR) is 162 cm³/mol. The monoisotopic (exact) mass is 563 g/mol. The van der Waals surface area contributed by atoms with Crippen molar-refractivity contribution in [1.82, 2.24) is 10.2 Å². The fourth-order valence-electron chi connectivity index (χ4n) is 4.57. The summed E-state index contributed by atoms with van der Waals surface area (Å²) in [6.45, 7) is 9.90. The van der Waals surface area contributed by atoms with Gasteiger partial charge in [-0.25, -0.2) is 8.42 Å². The van der Waals surface area contributed by atoms with E-state index in [4.69, 9.17) is 0 Å². The maximum atomic E-state index is 14.2. The average Bonchev–Trinajstić information content (AvgIpc) is 2.89. The molecule has 8 heteroatoms. The molecule has 40 heavy (non-hydrogen) atoms. The largest absolute Gasteiger partial charge is 0.354 e. The van der Waals surface area contributed by atoms with Crippen LogP contribution in [0.4, 0.5) is 5.69 Å². The summed E-state index contributed by atoms with van der Waals surface area (Å²) in [5.74, 6) is -0.489. The Hall–Kier alpha value is -3.65. The summed E-state index contributed by atoms with van der Waals surface area (Å²) in [4.78, 5) is 29.4. The van der Waals surface area contributed by atoms with Crippen LogP contribution in [0.2, 0.25) is 0 Å². The summed E-state index contributed by atoms with van der Waals surface area (Å²) >= 11 is 0. The molecule has 1 N–H and O–H groups in total. The molecule has 0 spiro atoms. The minimum atomic E-state index is -3.81. The molecule has 0 aliphatic rings. The predicted octanol–water partition coefficient (Wildman–Crippen LogP) is 4.79. The van der Waals surface area contributed by atoms with E-state index >= 15 is 0 Å². The van der Waals surface area contributed by atoms with Gasteiger partial charge in [0.1, 0.15) is 12.6 Å². The van der Waals surface area contributed by atoms with Gasteiger partial charge < -0.3 is 10.2 Å². The summed E-state index contributed by atoms with van der Waals surface area (Å²) in [5.41, 5.74) is 4.87. The van der Waals surface area contributed by atoms with Crippen molar-refractivity contribution in [2.75, 3.05) is 23.7 Å². The zero-order valence-corrected chi connectivity index (χ0v) is 25.2. The molecule has 0 radical (unpaired) electrons. The van der Waals surface area contributed by atoms with Gasteiger partial charge in [-0.05, 0) is 55.0 Å². The molecule has 3 aromatic rings. The van der Waals surface area contributed by atoms with E-state index < -0.39 is 28.5 Å². The van der Waals surface area contributed by atoms with Crippen LogP contribution in [-0.4, -0.2) is 50.5 Å². The maximum absolute atomic E-state index is 14.2. The number of hydrogen-bond donors (Lipinski definition) is 1. The highest BCUT2D eigenvalue weighted by atomic mass is 32.2. The van der Waals surface area contributed by atoms with Gasteiger partial charge in [-0.3, -0.25) is 13.9 Å². The van der Waals surface area contributed by atoms with Crippen molar-refractivity contribution in [3.63, 3.8) is 0 Å². The Morgan fingerprint density at radius 2 is 1.50 bits per heavy atom. The average molecular weight is 564 g/mol. The van der Waals surface area contributed by atoms with E-state index in [-0.39, 0.29) is 18.4 Å². The number of amides is 2. The Labute approximate surface area is 239 Å². The molecule has 0 aliphatic heterocycles. The van der Waals surface area contributed by atoms with Crippen molar-refractivity contribution < 1.29 is 18.0 Å². The second kappa shape index (κ2) is 13.6. The van der Waals surface area contributed by atoms with Gasteiger partial charge in [0.05, 0.1) is 11.9 Å². The number of hydrogen-bond acceptors (Lipinski definition) is 4. The van der Waals surface area contributed by atoms with E-state index in [1.165, 1.54) is 4.90 Å². The van der Waals surface area contributed by atoms with Crippen molar-refractivity contribution >= 4 is 27.5 Å². The van der Waals surface area contributed by atoms with E-state index in [0.717, 1.165) is 38.4 Å². The maximum Gasteiger partial charge on any atom is 0.244 e. The van der Waals surface area contributed by atoms with Gasteiger partial charge in [0.25, 0.3) is 0 Å². The smallest absolute Gasteiger partial charge is 0.244 e. The summed E-state index contributed by atoms with van der Waals surface area (Å²) in [6.07, 6.45) is 1.40. The first-order valence-electron chi connectivity index (χ1n) is 13.6. The SMILES string of the molecule is Cc1cccc(CN(C(=O)CN(c2cc(C)ccc2C)S(C)(=O)=O)[C@H](Cc2ccccc2)C(=O)NCC(C)C)c1. The van der Waals surface area contributed by atoms with E-state index in [1.54, 1.807) is 6.07 Å². The molecule has 3 aromatic carbocycles. The van der Waals surface area contributed by atoms with Crippen molar-refractivity contribution in [3.05, 3.63) is 101 Å². The number of sulfonamides is 1. The van der Waals surface area contributed by atoms with Crippen LogP contribution in [0.25, 0.3) is 0 Å². The standard InChI is InChI=1S/C32H41N3O4S/c1-23(2)20-33-32(37)30(19-27-12-8-7-9-13-27)34(21-28-14-10-11-24(3)17-28)31(36)22-35(40(6,38)39)29-18-25(4)15-16-26(29)5/h7-18,23,30H,19-22H2,1-6H3,(H,33,37)/t30-/m1/s1. The first-order valence-corrected chi connectivity index (χ1v) is 15.4. The first kappa shape index (κ1) is 30.9. The molecule has 0 bridgehead atoms. The first-order chi connectivity index (χ1) is 18.8. The molecule has 3 rings (SSSR count). The lowest BCUT2D eigenvalue weighted by Gasteiger charge is -2.34. The molecule has 7 nitrogen and oxygen atoms in total. The number of carbonyl (C=O) groups is 2. The van der Waals surface area contributed by atoms with E-state index in [2.05, 4.69) is 5.32 Å².